The predicted octanol–water partition coefficient (Wildman–Crippen LogP) is -4.31. The number of nitrogens with one attached hydrogen (secondary N) is 3. The number of aromatic nitrogens is 6. The molecule has 2 aromatic rings. The van der Waals surface area contributed by atoms with E-state index in [4.69, 9.17) is 14.8 Å². The van der Waals surface area contributed by atoms with Crippen LogP contribution in [0.25, 0.3) is 0 Å². The lowest BCUT2D eigenvalue weighted by Crippen LogP contribution is -2.60. The van der Waals surface area contributed by atoms with Gasteiger partial charge in [0.1, 0.15) is 12.1 Å². The average molecular weight is 791 g/mol. The SMILES string of the molecule is CC(S)[C@@H](NC(=O)C(NC(=O)[C@@H](NC(=O)[C@@H](N)Cc1cn(CCOS(=O)(=O)O)nn1)OC(=O)O)[C@@H](C)c1cn(CCOS(=O)(=O)O)nn1)C(=O)O. The Morgan fingerprint density at radius 1 is 0.843 bits per heavy atom. The molecular weight excluding hydrogens is 756 g/mol. The van der Waals surface area contributed by atoms with Gasteiger partial charge in [-0.25, -0.2) is 27.3 Å². The van der Waals surface area contributed by atoms with Crippen LogP contribution in [0.15, 0.2) is 12.4 Å². The fraction of sp³-hybridized carbons (Fsp3) is 0.591. The summed E-state index contributed by atoms with van der Waals surface area (Å²) in [6, 6.07) is -4.85. The summed E-state index contributed by atoms with van der Waals surface area (Å²) in [6.07, 6.45) is -2.28. The zero-order chi connectivity index (χ0) is 38.7. The lowest BCUT2D eigenvalue weighted by molar-refractivity contribution is -0.143. The molecule has 286 valence electrons. The third-order valence-corrected chi connectivity index (χ3v) is 7.56. The van der Waals surface area contributed by atoms with E-state index >= 15 is 0 Å². The highest BCUT2D eigenvalue weighted by Crippen LogP contribution is 2.18. The summed E-state index contributed by atoms with van der Waals surface area (Å²) in [5.41, 5.74) is 5.93. The van der Waals surface area contributed by atoms with Crippen molar-refractivity contribution in [3.05, 3.63) is 23.8 Å². The maximum Gasteiger partial charge on any atom is 0.508 e. The van der Waals surface area contributed by atoms with Gasteiger partial charge in [0.05, 0.1) is 43.7 Å². The number of nitrogens with zero attached hydrogens (tertiary/aromatic N) is 6. The van der Waals surface area contributed by atoms with Gasteiger partial charge in [0.2, 0.25) is 11.8 Å². The van der Waals surface area contributed by atoms with Crippen molar-refractivity contribution in [2.24, 2.45) is 5.73 Å². The van der Waals surface area contributed by atoms with Gasteiger partial charge in [-0.2, -0.15) is 29.5 Å². The smallest absolute Gasteiger partial charge is 0.480 e. The monoisotopic (exact) mass is 790 g/mol. The molecule has 0 saturated heterocycles. The predicted molar refractivity (Wildman–Crippen MR) is 166 cm³/mol. The van der Waals surface area contributed by atoms with Gasteiger partial charge in [0, 0.05) is 30.0 Å². The second-order valence-corrected chi connectivity index (χ2v) is 13.3. The molecule has 26 nitrogen and oxygen atoms in total. The molecule has 0 bridgehead atoms. The number of aliphatic carboxylic acids is 1. The molecule has 0 aliphatic carbocycles. The summed E-state index contributed by atoms with van der Waals surface area (Å²) < 4.78 is 75.3. The van der Waals surface area contributed by atoms with E-state index in [0.29, 0.717) is 0 Å². The van der Waals surface area contributed by atoms with Gasteiger partial charge >= 0.3 is 32.9 Å². The number of rotatable bonds is 21. The van der Waals surface area contributed by atoms with E-state index in [2.05, 4.69) is 57.0 Å². The minimum absolute atomic E-state index is 0.0348. The third-order valence-electron chi connectivity index (χ3n) is 6.34. The molecule has 2 heterocycles. The van der Waals surface area contributed by atoms with Gasteiger partial charge in [-0.3, -0.25) is 23.5 Å². The standard InChI is InChI=1S/C22H34N10O16S3/c1-10(14-9-32(30-28-14)4-6-47-51(43,44)45)15(18(34)25-16(11(2)49)21(36)37)24-19(35)20(48-22(38)39)26-17(33)13(23)7-12-8-31(29-27-12)3-5-46-50(40,41)42/h8-11,13,15-16,20,49H,3-7,23H2,1-2H3,(H,24,35)(H,25,34)(H,26,33)(H,36,37)(H,38,39)(H,40,41,42)(H,43,44,45)/t10-,11?,13-,15?,16+,20-/m0/s1. The summed E-state index contributed by atoms with van der Waals surface area (Å²) in [5.74, 6) is -6.37. The fourth-order valence-electron chi connectivity index (χ4n) is 3.90. The van der Waals surface area contributed by atoms with Gasteiger partial charge < -0.3 is 36.6 Å². The van der Waals surface area contributed by atoms with Crippen molar-refractivity contribution in [3.63, 3.8) is 0 Å². The van der Waals surface area contributed by atoms with Gasteiger partial charge in [-0.05, 0) is 0 Å². The van der Waals surface area contributed by atoms with Crippen molar-refractivity contribution in [2.45, 2.75) is 68.9 Å². The molecule has 2 unspecified atom stereocenters. The van der Waals surface area contributed by atoms with Gasteiger partial charge in [-0.15, -0.1) is 10.2 Å². The van der Waals surface area contributed by atoms with Crippen LogP contribution < -0.4 is 21.7 Å². The first kappa shape index (κ1) is 42.6. The van der Waals surface area contributed by atoms with Crippen molar-refractivity contribution in [2.75, 3.05) is 13.2 Å². The van der Waals surface area contributed by atoms with Crippen LogP contribution in [0.5, 0.6) is 0 Å². The number of hydrogen-bond acceptors (Lipinski definition) is 18. The second kappa shape index (κ2) is 18.6. The summed E-state index contributed by atoms with van der Waals surface area (Å²) in [5, 5.41) is 39.1. The van der Waals surface area contributed by atoms with E-state index in [-0.39, 0.29) is 30.9 Å². The molecular formula is C22H34N10O16S3. The van der Waals surface area contributed by atoms with E-state index in [0.717, 1.165) is 9.36 Å². The lowest BCUT2D eigenvalue weighted by atomic mass is 9.97. The number of carbonyl (C=O) groups is 5. The van der Waals surface area contributed by atoms with Crippen molar-refractivity contribution >= 4 is 63.3 Å². The minimum Gasteiger partial charge on any atom is -0.480 e. The molecule has 9 N–H and O–H groups in total. The van der Waals surface area contributed by atoms with Crippen LogP contribution in [0.1, 0.15) is 31.2 Å². The molecule has 29 heteroatoms. The first-order valence-corrected chi connectivity index (χ1v) is 17.3. The summed E-state index contributed by atoms with van der Waals surface area (Å²) in [6.45, 7) is 1.15. The number of carboxylic acid groups (broad SMARTS) is 2. The lowest BCUT2D eigenvalue weighted by Gasteiger charge is -2.27. The first-order valence-electron chi connectivity index (χ1n) is 14.1. The van der Waals surface area contributed by atoms with Crippen LogP contribution in [0.3, 0.4) is 0 Å². The van der Waals surface area contributed by atoms with Gasteiger partial charge in [-0.1, -0.05) is 24.3 Å². The Balaban J connectivity index is 2.25. The molecule has 51 heavy (non-hydrogen) atoms. The Kier molecular flexibility index (Phi) is 15.6. The molecule has 0 aliphatic heterocycles. The average Bonchev–Trinajstić information content (AvgIpc) is 3.65. The van der Waals surface area contributed by atoms with Crippen LogP contribution in [-0.4, -0.2) is 139 Å². The molecule has 0 spiro atoms. The zero-order valence-corrected chi connectivity index (χ0v) is 28.9. The van der Waals surface area contributed by atoms with Crippen LogP contribution in [0, 0.1) is 0 Å². The molecule has 6 atom stereocenters. The van der Waals surface area contributed by atoms with Crippen LogP contribution in [0.4, 0.5) is 4.79 Å². The van der Waals surface area contributed by atoms with Gasteiger partial charge in [0.15, 0.2) is 0 Å². The highest BCUT2D eigenvalue weighted by atomic mass is 32.3. The quantitative estimate of drug-likeness (QED) is 0.0250. The highest BCUT2D eigenvalue weighted by molar-refractivity contribution is 7.81. The fourth-order valence-corrected chi connectivity index (χ4v) is 4.67. The van der Waals surface area contributed by atoms with E-state index in [1.165, 1.54) is 26.2 Å². The van der Waals surface area contributed by atoms with Crippen molar-refractivity contribution in [1.29, 1.82) is 0 Å². The second-order valence-electron chi connectivity index (χ2n) is 10.3. The molecule has 0 saturated carbocycles. The summed E-state index contributed by atoms with van der Waals surface area (Å²) in [4.78, 5) is 62.7. The topological polar surface area (TPSA) is 386 Å². The van der Waals surface area contributed by atoms with Crippen LogP contribution in [0.2, 0.25) is 0 Å². The highest BCUT2D eigenvalue weighted by Gasteiger charge is 2.37. The van der Waals surface area contributed by atoms with E-state index in [9.17, 15) is 51.0 Å². The Hall–Kier alpha value is -4.52. The van der Waals surface area contributed by atoms with Gasteiger partial charge in [0.25, 0.3) is 12.1 Å². The first-order chi connectivity index (χ1) is 23.6. The molecule has 3 amide bonds. The Labute approximate surface area is 293 Å². The molecule has 0 aliphatic rings. The maximum atomic E-state index is 13.4. The Bertz CT molecular complexity index is 1770. The van der Waals surface area contributed by atoms with E-state index in [1.54, 1.807) is 0 Å². The summed E-state index contributed by atoms with van der Waals surface area (Å²) in [7, 11) is -9.46. The third kappa shape index (κ3) is 15.1. The number of carboxylic acids is 1. The largest absolute Gasteiger partial charge is 0.508 e. The Morgan fingerprint density at radius 2 is 1.37 bits per heavy atom. The van der Waals surface area contributed by atoms with Crippen molar-refractivity contribution < 1.29 is 73.2 Å². The number of thiol groups is 1. The van der Waals surface area contributed by atoms with E-state index < -0.39 is 99.4 Å². The zero-order valence-electron chi connectivity index (χ0n) is 26.4. The number of hydrogen-bond donors (Lipinski definition) is 9. The van der Waals surface area contributed by atoms with Crippen LogP contribution >= 0.6 is 12.6 Å². The van der Waals surface area contributed by atoms with E-state index in [1.807, 2.05) is 5.32 Å². The van der Waals surface area contributed by atoms with Crippen molar-refractivity contribution in [3.8, 4) is 0 Å². The number of ether oxygens (including phenoxy) is 1. The number of nitrogens with two attached hydrogens (primary N) is 1. The summed E-state index contributed by atoms with van der Waals surface area (Å²) >= 11 is 4.04. The number of carbonyl (C=O) groups excluding carboxylic acids is 3. The number of amides is 3. The molecule has 2 aromatic heterocycles. The van der Waals surface area contributed by atoms with Crippen molar-refractivity contribution in [1.82, 2.24) is 45.9 Å². The van der Waals surface area contributed by atoms with Crippen LogP contribution in [-0.2, 0) is 72.6 Å². The molecule has 0 fully saturated rings. The minimum atomic E-state index is -4.76. The molecule has 0 radical (unpaired) electrons. The Morgan fingerprint density at radius 3 is 1.88 bits per heavy atom. The molecule has 2 rings (SSSR count). The maximum absolute atomic E-state index is 13.4. The normalized spacial score (nSPS) is 15.4. The molecule has 0 aromatic carbocycles.